The van der Waals surface area contributed by atoms with E-state index in [-0.39, 0.29) is 5.91 Å². The molecular formula is C16H20N4O. The predicted molar refractivity (Wildman–Crippen MR) is 84.9 cm³/mol. The van der Waals surface area contributed by atoms with Crippen molar-refractivity contribution >= 4 is 17.3 Å². The fraction of sp³-hybridized carbons (Fsp3) is 0.312. The number of nitrogens with one attached hydrogen (secondary N) is 2. The molecule has 2 aromatic rings. The van der Waals surface area contributed by atoms with Gasteiger partial charge >= 0.3 is 0 Å². The van der Waals surface area contributed by atoms with Gasteiger partial charge in [-0.3, -0.25) is 4.79 Å². The zero-order valence-corrected chi connectivity index (χ0v) is 12.2. The molecule has 1 saturated heterocycles. The van der Waals surface area contributed by atoms with Crippen molar-refractivity contribution in [3.05, 3.63) is 48.3 Å². The number of hydrogen-bond donors (Lipinski definition) is 2. The number of rotatable bonds is 3. The maximum atomic E-state index is 12.4. The van der Waals surface area contributed by atoms with Crippen LogP contribution in [0.1, 0.15) is 10.5 Å². The summed E-state index contributed by atoms with van der Waals surface area (Å²) in [6, 6.07) is 11.7. The second-order valence-electron chi connectivity index (χ2n) is 5.21. The van der Waals surface area contributed by atoms with E-state index in [1.807, 2.05) is 48.1 Å². The van der Waals surface area contributed by atoms with Gasteiger partial charge in [-0.2, -0.15) is 0 Å². The van der Waals surface area contributed by atoms with E-state index in [0.717, 1.165) is 37.6 Å². The van der Waals surface area contributed by atoms with Crippen molar-refractivity contribution < 1.29 is 4.79 Å². The SMILES string of the molecule is Cn1cccc1C(=O)Nc1ccccc1N1CCNCC1. The van der Waals surface area contributed by atoms with Crippen molar-refractivity contribution in [1.82, 2.24) is 9.88 Å². The predicted octanol–water partition coefficient (Wildman–Crippen LogP) is 1.69. The van der Waals surface area contributed by atoms with Crippen LogP contribution in [-0.2, 0) is 7.05 Å². The fourth-order valence-corrected chi connectivity index (χ4v) is 2.64. The molecule has 2 N–H and O–H groups in total. The minimum Gasteiger partial charge on any atom is -0.367 e. The Bertz CT molecular complexity index is 629. The number of piperazine rings is 1. The summed E-state index contributed by atoms with van der Waals surface area (Å²) in [5.41, 5.74) is 2.61. The largest absolute Gasteiger partial charge is 0.367 e. The van der Waals surface area contributed by atoms with Crippen molar-refractivity contribution in [3.63, 3.8) is 0 Å². The van der Waals surface area contributed by atoms with Gasteiger partial charge in [-0.15, -0.1) is 0 Å². The zero-order chi connectivity index (χ0) is 14.7. The molecule has 110 valence electrons. The highest BCUT2D eigenvalue weighted by Crippen LogP contribution is 2.26. The van der Waals surface area contributed by atoms with Gasteiger partial charge in [0.25, 0.3) is 5.91 Å². The summed E-state index contributed by atoms with van der Waals surface area (Å²) >= 11 is 0. The number of para-hydroxylation sites is 2. The number of carbonyl (C=O) groups is 1. The lowest BCUT2D eigenvalue weighted by atomic mass is 10.2. The lowest BCUT2D eigenvalue weighted by molar-refractivity contribution is 0.101. The summed E-state index contributed by atoms with van der Waals surface area (Å²) in [6.07, 6.45) is 1.87. The van der Waals surface area contributed by atoms with E-state index < -0.39 is 0 Å². The average Bonchev–Trinajstić information content (AvgIpc) is 2.95. The van der Waals surface area contributed by atoms with Gasteiger partial charge in [0.05, 0.1) is 11.4 Å². The van der Waals surface area contributed by atoms with Gasteiger partial charge in [0.15, 0.2) is 0 Å². The molecule has 1 aliphatic heterocycles. The molecule has 1 aromatic carbocycles. The summed E-state index contributed by atoms with van der Waals surface area (Å²) in [4.78, 5) is 14.7. The van der Waals surface area contributed by atoms with E-state index in [9.17, 15) is 4.79 Å². The van der Waals surface area contributed by atoms with Crippen LogP contribution in [0.15, 0.2) is 42.6 Å². The Morgan fingerprint density at radius 2 is 1.90 bits per heavy atom. The molecule has 3 rings (SSSR count). The molecule has 0 aliphatic carbocycles. The van der Waals surface area contributed by atoms with Gasteiger partial charge < -0.3 is 20.1 Å². The Kier molecular flexibility index (Phi) is 3.92. The van der Waals surface area contributed by atoms with Crippen LogP contribution < -0.4 is 15.5 Å². The number of anilines is 2. The number of nitrogens with zero attached hydrogens (tertiary/aromatic N) is 2. The van der Waals surface area contributed by atoms with Crippen molar-refractivity contribution in [2.45, 2.75) is 0 Å². The molecule has 1 fully saturated rings. The standard InChI is InChI=1S/C16H20N4O/c1-19-10-4-7-15(19)16(21)18-13-5-2-3-6-14(13)20-11-8-17-9-12-20/h2-7,10,17H,8-9,11-12H2,1H3,(H,18,21). The van der Waals surface area contributed by atoms with Crippen LogP contribution in [0.5, 0.6) is 0 Å². The normalized spacial score (nSPS) is 15.0. The van der Waals surface area contributed by atoms with Gasteiger partial charge in [0.1, 0.15) is 5.69 Å². The summed E-state index contributed by atoms with van der Waals surface area (Å²) in [5.74, 6) is -0.0786. The third-order valence-electron chi connectivity index (χ3n) is 3.79. The number of amides is 1. The highest BCUT2D eigenvalue weighted by atomic mass is 16.1. The molecule has 0 bridgehead atoms. The van der Waals surface area contributed by atoms with E-state index in [2.05, 4.69) is 21.6 Å². The Hall–Kier alpha value is -2.27. The fourth-order valence-electron chi connectivity index (χ4n) is 2.64. The minimum absolute atomic E-state index is 0.0786. The molecule has 1 amide bonds. The molecule has 0 radical (unpaired) electrons. The first-order valence-corrected chi connectivity index (χ1v) is 7.23. The maximum absolute atomic E-state index is 12.4. The molecule has 2 heterocycles. The van der Waals surface area contributed by atoms with E-state index >= 15 is 0 Å². The van der Waals surface area contributed by atoms with Crippen LogP contribution in [0.4, 0.5) is 11.4 Å². The second kappa shape index (κ2) is 6.01. The minimum atomic E-state index is -0.0786. The third-order valence-corrected chi connectivity index (χ3v) is 3.79. The summed E-state index contributed by atoms with van der Waals surface area (Å²) < 4.78 is 1.82. The van der Waals surface area contributed by atoms with E-state index in [0.29, 0.717) is 5.69 Å². The van der Waals surface area contributed by atoms with Crippen LogP contribution in [0, 0.1) is 0 Å². The lowest BCUT2D eigenvalue weighted by Crippen LogP contribution is -2.43. The second-order valence-corrected chi connectivity index (χ2v) is 5.21. The van der Waals surface area contributed by atoms with E-state index in [1.54, 1.807) is 0 Å². The first kappa shape index (κ1) is 13.7. The van der Waals surface area contributed by atoms with Crippen molar-refractivity contribution in [3.8, 4) is 0 Å². The maximum Gasteiger partial charge on any atom is 0.272 e. The van der Waals surface area contributed by atoms with Crippen molar-refractivity contribution in [1.29, 1.82) is 0 Å². The number of hydrogen-bond acceptors (Lipinski definition) is 3. The first-order chi connectivity index (χ1) is 10.3. The van der Waals surface area contributed by atoms with E-state index in [1.165, 1.54) is 0 Å². The molecule has 0 spiro atoms. The van der Waals surface area contributed by atoms with Gasteiger partial charge in [-0.1, -0.05) is 12.1 Å². The van der Waals surface area contributed by atoms with Crippen molar-refractivity contribution in [2.75, 3.05) is 36.4 Å². The highest BCUT2D eigenvalue weighted by Gasteiger charge is 2.16. The molecule has 1 aliphatic rings. The van der Waals surface area contributed by atoms with Crippen LogP contribution in [0.25, 0.3) is 0 Å². The lowest BCUT2D eigenvalue weighted by Gasteiger charge is -2.31. The number of benzene rings is 1. The summed E-state index contributed by atoms with van der Waals surface area (Å²) in [6.45, 7) is 3.86. The molecular weight excluding hydrogens is 264 g/mol. The van der Waals surface area contributed by atoms with Gasteiger partial charge in [-0.25, -0.2) is 0 Å². The number of aryl methyl sites for hydroxylation is 1. The highest BCUT2D eigenvalue weighted by molar-refractivity contribution is 6.05. The van der Waals surface area contributed by atoms with Gasteiger partial charge in [-0.05, 0) is 24.3 Å². The Morgan fingerprint density at radius 3 is 2.62 bits per heavy atom. The molecule has 0 unspecified atom stereocenters. The molecule has 0 atom stereocenters. The number of aromatic nitrogens is 1. The smallest absolute Gasteiger partial charge is 0.272 e. The van der Waals surface area contributed by atoms with Crippen LogP contribution in [-0.4, -0.2) is 36.7 Å². The molecule has 21 heavy (non-hydrogen) atoms. The van der Waals surface area contributed by atoms with Crippen LogP contribution in [0.2, 0.25) is 0 Å². The Morgan fingerprint density at radius 1 is 1.14 bits per heavy atom. The zero-order valence-electron chi connectivity index (χ0n) is 12.2. The molecule has 1 aromatic heterocycles. The summed E-state index contributed by atoms with van der Waals surface area (Å²) in [7, 11) is 1.87. The van der Waals surface area contributed by atoms with Crippen molar-refractivity contribution in [2.24, 2.45) is 7.05 Å². The first-order valence-electron chi connectivity index (χ1n) is 7.23. The van der Waals surface area contributed by atoms with Gasteiger partial charge in [0, 0.05) is 39.4 Å². The monoisotopic (exact) mass is 284 g/mol. The molecule has 5 heteroatoms. The van der Waals surface area contributed by atoms with Crippen LogP contribution >= 0.6 is 0 Å². The van der Waals surface area contributed by atoms with Gasteiger partial charge in [0.2, 0.25) is 0 Å². The Labute approximate surface area is 124 Å². The average molecular weight is 284 g/mol. The third kappa shape index (κ3) is 2.92. The van der Waals surface area contributed by atoms with E-state index in [4.69, 9.17) is 0 Å². The Balaban J connectivity index is 1.82. The molecule has 5 nitrogen and oxygen atoms in total. The topological polar surface area (TPSA) is 49.3 Å². The summed E-state index contributed by atoms with van der Waals surface area (Å²) in [5, 5.41) is 6.37. The quantitative estimate of drug-likeness (QED) is 0.901. The van der Waals surface area contributed by atoms with Crippen LogP contribution in [0.3, 0.4) is 0 Å². The molecule has 0 saturated carbocycles. The number of carbonyl (C=O) groups excluding carboxylic acids is 1.